The number of aryl methyl sites for hydroxylation is 2. The molecule has 0 spiro atoms. The summed E-state index contributed by atoms with van der Waals surface area (Å²) in [5, 5.41) is 0. The van der Waals surface area contributed by atoms with Crippen molar-refractivity contribution in [3.05, 3.63) is 59.7 Å². The molecular formula is C14H15NO6S3. The predicted molar refractivity (Wildman–Crippen MR) is 88.8 cm³/mol. The molecule has 0 unspecified atom stereocenters. The van der Waals surface area contributed by atoms with Gasteiger partial charge in [-0.25, -0.2) is 16.8 Å². The van der Waals surface area contributed by atoms with E-state index in [4.69, 9.17) is 0 Å². The van der Waals surface area contributed by atoms with Crippen LogP contribution in [0.4, 0.5) is 0 Å². The maximum atomic E-state index is 12.2. The average Bonchev–Trinajstić information content (AvgIpc) is 2.47. The minimum Gasteiger partial charge on any atom is -0.206 e. The highest BCUT2D eigenvalue weighted by Crippen LogP contribution is 2.19. The van der Waals surface area contributed by atoms with Crippen LogP contribution in [0.1, 0.15) is 11.1 Å². The molecule has 0 aromatic heterocycles. The maximum Gasteiger partial charge on any atom is 0.335 e. The van der Waals surface area contributed by atoms with Crippen LogP contribution in [0.15, 0.2) is 58.3 Å². The van der Waals surface area contributed by atoms with Crippen LogP contribution in [0, 0.1) is 13.8 Å². The number of sulfonamides is 1. The summed E-state index contributed by atoms with van der Waals surface area (Å²) in [7, 11) is -14.7. The molecule has 2 aromatic carbocycles. The van der Waals surface area contributed by atoms with Crippen molar-refractivity contribution in [2.45, 2.75) is 23.6 Å². The molecular weight excluding hydrogens is 374 g/mol. The Hall–Kier alpha value is -1.75. The minimum absolute atomic E-state index is 0.351. The number of benzene rings is 2. The topological polar surface area (TPSA) is 114 Å². The molecule has 0 bridgehead atoms. The molecule has 0 heterocycles. The van der Waals surface area contributed by atoms with E-state index >= 15 is 0 Å². The zero-order valence-corrected chi connectivity index (χ0v) is 15.2. The molecule has 0 saturated heterocycles. The molecule has 0 saturated carbocycles. The second-order valence-corrected chi connectivity index (χ2v) is 12.2. The third kappa shape index (κ3) is 3.66. The quantitative estimate of drug-likeness (QED) is 0.771. The Morgan fingerprint density at radius 1 is 0.625 bits per heavy atom. The van der Waals surface area contributed by atoms with Gasteiger partial charge in [0.05, 0.1) is 9.79 Å². The molecule has 2 aromatic rings. The first-order valence-corrected chi connectivity index (χ1v) is 11.6. The normalized spacial score (nSPS) is 12.9. The van der Waals surface area contributed by atoms with Crippen molar-refractivity contribution in [1.29, 1.82) is 0 Å². The van der Waals surface area contributed by atoms with Crippen LogP contribution >= 0.6 is 0 Å². The summed E-state index contributed by atoms with van der Waals surface area (Å²) in [4.78, 5) is -0.865. The smallest absolute Gasteiger partial charge is 0.206 e. The van der Waals surface area contributed by atoms with E-state index in [1.54, 1.807) is 13.8 Å². The van der Waals surface area contributed by atoms with Gasteiger partial charge in [0.15, 0.2) is 0 Å². The molecule has 0 atom stereocenters. The Bertz CT molecular complexity index is 1050. The van der Waals surface area contributed by atoms with E-state index in [0.29, 0.717) is 0 Å². The van der Waals surface area contributed by atoms with Gasteiger partial charge in [0.2, 0.25) is 0 Å². The van der Waals surface area contributed by atoms with Crippen molar-refractivity contribution >= 4 is 27.9 Å². The van der Waals surface area contributed by atoms with Crippen molar-refractivity contribution in [3.63, 3.8) is 0 Å². The highest BCUT2D eigenvalue weighted by molar-refractivity contribution is 8.67. The highest BCUT2D eigenvalue weighted by atomic mass is 33.2. The minimum atomic E-state index is -5.21. The maximum absolute atomic E-state index is 12.2. The lowest BCUT2D eigenvalue weighted by atomic mass is 10.2. The molecule has 0 amide bonds. The van der Waals surface area contributed by atoms with Crippen LogP contribution in [-0.4, -0.2) is 25.3 Å². The van der Waals surface area contributed by atoms with Gasteiger partial charge in [-0.15, -0.1) is 0 Å². The summed E-state index contributed by atoms with van der Waals surface area (Å²) >= 11 is 0. The molecule has 0 aliphatic heterocycles. The number of hydrogen-bond acceptors (Lipinski definition) is 6. The van der Waals surface area contributed by atoms with Crippen LogP contribution in [0.5, 0.6) is 0 Å². The Morgan fingerprint density at radius 2 is 1.00 bits per heavy atom. The standard InChI is InChI=1S/C14H15NO6S3/c1-11-3-7-13(8-4-11)22(16,17)15-24(20,21)23(18,19)14-9-5-12(2)6-10-14/h3-10,15H,1-2H3. The molecule has 0 aliphatic rings. The highest BCUT2D eigenvalue weighted by Gasteiger charge is 2.36. The largest absolute Gasteiger partial charge is 0.335 e. The lowest BCUT2D eigenvalue weighted by Gasteiger charge is -2.09. The summed E-state index contributed by atoms with van der Waals surface area (Å²) in [6.07, 6.45) is 0. The average molecular weight is 389 g/mol. The second kappa shape index (κ2) is 6.28. The Labute approximate surface area is 140 Å². The zero-order valence-electron chi connectivity index (χ0n) is 12.8. The molecule has 2 rings (SSSR count). The first-order chi connectivity index (χ1) is 11.0. The zero-order chi connectivity index (χ0) is 18.2. The van der Waals surface area contributed by atoms with Crippen LogP contribution in [0.3, 0.4) is 0 Å². The molecule has 7 nitrogen and oxygen atoms in total. The third-order valence-corrected chi connectivity index (χ3v) is 10.1. The Balaban J connectivity index is 2.43. The van der Waals surface area contributed by atoms with Gasteiger partial charge < -0.3 is 0 Å². The summed E-state index contributed by atoms with van der Waals surface area (Å²) in [5.74, 6) is 0. The van der Waals surface area contributed by atoms with Crippen molar-refractivity contribution in [1.82, 2.24) is 4.13 Å². The lowest BCUT2D eigenvalue weighted by Crippen LogP contribution is -2.35. The second-order valence-electron chi connectivity index (χ2n) is 5.12. The van der Waals surface area contributed by atoms with E-state index in [2.05, 4.69) is 0 Å². The third-order valence-electron chi connectivity index (χ3n) is 3.14. The van der Waals surface area contributed by atoms with Gasteiger partial charge >= 0.3 is 9.06 Å². The van der Waals surface area contributed by atoms with Crippen LogP contribution in [-0.2, 0) is 27.9 Å². The summed E-state index contributed by atoms with van der Waals surface area (Å²) < 4.78 is 74.2. The van der Waals surface area contributed by atoms with Gasteiger partial charge in [-0.2, -0.15) is 8.42 Å². The fourth-order valence-electron chi connectivity index (χ4n) is 1.78. The molecule has 0 aliphatic carbocycles. The van der Waals surface area contributed by atoms with Gasteiger partial charge in [0, 0.05) is 0 Å². The number of hydrogen-bond donors (Lipinski definition) is 1. The van der Waals surface area contributed by atoms with Gasteiger partial charge in [-0.05, 0) is 38.1 Å². The van der Waals surface area contributed by atoms with Crippen molar-refractivity contribution < 1.29 is 25.3 Å². The van der Waals surface area contributed by atoms with E-state index in [-0.39, 0.29) is 4.90 Å². The monoisotopic (exact) mass is 389 g/mol. The van der Waals surface area contributed by atoms with E-state index < -0.39 is 32.8 Å². The fraction of sp³-hybridized carbons (Fsp3) is 0.143. The van der Waals surface area contributed by atoms with Gasteiger partial charge in [-0.1, -0.05) is 39.5 Å². The van der Waals surface area contributed by atoms with E-state index in [0.717, 1.165) is 23.3 Å². The van der Waals surface area contributed by atoms with Crippen molar-refractivity contribution in [2.75, 3.05) is 0 Å². The fourth-order valence-corrected chi connectivity index (χ4v) is 7.52. The SMILES string of the molecule is Cc1ccc(S(=O)(=O)NS(=O)(=O)S(=O)(=O)c2ccc(C)cc2)cc1. The Kier molecular flexibility index (Phi) is 4.86. The first kappa shape index (κ1) is 18.6. The van der Waals surface area contributed by atoms with Crippen molar-refractivity contribution in [2.24, 2.45) is 0 Å². The molecule has 24 heavy (non-hydrogen) atoms. The number of nitrogens with one attached hydrogen (secondary N) is 1. The molecule has 0 fully saturated rings. The predicted octanol–water partition coefficient (Wildman–Crippen LogP) is 1.30. The Morgan fingerprint density at radius 3 is 1.42 bits per heavy atom. The summed E-state index contributed by atoms with van der Waals surface area (Å²) in [6, 6.07) is 10.3. The lowest BCUT2D eigenvalue weighted by molar-refractivity contribution is 0.571. The summed E-state index contributed by atoms with van der Waals surface area (Å²) in [6.45, 7) is 3.42. The number of rotatable bonds is 5. The van der Waals surface area contributed by atoms with Crippen LogP contribution in [0.2, 0.25) is 0 Å². The molecule has 10 heteroatoms. The molecule has 0 radical (unpaired) electrons. The van der Waals surface area contributed by atoms with Crippen molar-refractivity contribution in [3.8, 4) is 0 Å². The molecule has 1 N–H and O–H groups in total. The van der Waals surface area contributed by atoms with E-state index in [1.165, 1.54) is 40.5 Å². The van der Waals surface area contributed by atoms with Gasteiger partial charge in [0.25, 0.3) is 18.9 Å². The van der Waals surface area contributed by atoms with E-state index in [1.807, 2.05) is 0 Å². The summed E-state index contributed by atoms with van der Waals surface area (Å²) in [5.41, 5.74) is 1.50. The van der Waals surface area contributed by atoms with E-state index in [9.17, 15) is 25.3 Å². The van der Waals surface area contributed by atoms with Crippen LogP contribution in [0.25, 0.3) is 0 Å². The van der Waals surface area contributed by atoms with Gasteiger partial charge in [0.1, 0.15) is 0 Å². The van der Waals surface area contributed by atoms with Crippen LogP contribution < -0.4 is 4.13 Å². The van der Waals surface area contributed by atoms with Gasteiger partial charge in [-0.3, -0.25) is 0 Å². The molecule has 130 valence electrons. The first-order valence-electron chi connectivity index (χ1n) is 6.63.